The fourth-order valence-corrected chi connectivity index (χ4v) is 2.79. The Hall–Kier alpha value is -1.00. The Morgan fingerprint density at radius 2 is 2.33 bits per heavy atom. The van der Waals surface area contributed by atoms with Crippen molar-refractivity contribution in [2.45, 2.75) is 17.7 Å². The fourth-order valence-electron chi connectivity index (χ4n) is 2.33. The zero-order valence-corrected chi connectivity index (χ0v) is 11.8. The molecule has 0 radical (unpaired) electrons. The van der Waals surface area contributed by atoms with Gasteiger partial charge in [-0.15, -0.1) is 11.8 Å². The summed E-state index contributed by atoms with van der Waals surface area (Å²) in [5.74, 6) is 0.279. The molecule has 18 heavy (non-hydrogen) atoms. The summed E-state index contributed by atoms with van der Waals surface area (Å²) in [6.07, 6.45) is 4.15. The van der Waals surface area contributed by atoms with Crippen molar-refractivity contribution in [3.05, 3.63) is 24.3 Å². The molecule has 1 heterocycles. The number of carbonyl (C=O) groups excluding carboxylic acids is 1. The molecule has 4 heteroatoms. The minimum atomic E-state index is 0.127. The number of rotatable bonds is 3. The summed E-state index contributed by atoms with van der Waals surface area (Å²) in [4.78, 5) is 15.6. The highest BCUT2D eigenvalue weighted by atomic mass is 32.2. The first-order valence-corrected chi connectivity index (χ1v) is 7.55. The third kappa shape index (κ3) is 3.50. The van der Waals surface area contributed by atoms with Crippen molar-refractivity contribution in [2.24, 2.45) is 5.92 Å². The maximum Gasteiger partial charge on any atom is 0.228 e. The average Bonchev–Trinajstić information content (AvgIpc) is 2.39. The van der Waals surface area contributed by atoms with Gasteiger partial charge in [0.1, 0.15) is 0 Å². The van der Waals surface area contributed by atoms with Gasteiger partial charge in [-0.05, 0) is 50.9 Å². The Balaban J connectivity index is 1.97. The fraction of sp³-hybridized carbons (Fsp3) is 0.500. The highest BCUT2D eigenvalue weighted by Gasteiger charge is 2.23. The molecular formula is C14H20N2OS. The summed E-state index contributed by atoms with van der Waals surface area (Å²) >= 11 is 1.69. The third-order valence-electron chi connectivity index (χ3n) is 3.33. The van der Waals surface area contributed by atoms with E-state index < -0.39 is 0 Å². The lowest BCUT2D eigenvalue weighted by molar-refractivity contribution is -0.121. The van der Waals surface area contributed by atoms with Crippen LogP contribution in [0.2, 0.25) is 0 Å². The minimum absolute atomic E-state index is 0.127. The highest BCUT2D eigenvalue weighted by Crippen LogP contribution is 2.21. The van der Waals surface area contributed by atoms with Crippen LogP contribution in [0.15, 0.2) is 29.2 Å². The number of thioether (sulfide) groups is 1. The molecule has 1 aromatic carbocycles. The Morgan fingerprint density at radius 3 is 3.06 bits per heavy atom. The van der Waals surface area contributed by atoms with Gasteiger partial charge in [-0.25, -0.2) is 0 Å². The maximum absolute atomic E-state index is 12.2. The Morgan fingerprint density at radius 1 is 1.50 bits per heavy atom. The number of hydrogen-bond acceptors (Lipinski definition) is 3. The van der Waals surface area contributed by atoms with Crippen LogP contribution in [-0.4, -0.2) is 37.2 Å². The molecule has 0 spiro atoms. The molecule has 0 aliphatic carbocycles. The van der Waals surface area contributed by atoms with Gasteiger partial charge in [0.05, 0.1) is 5.92 Å². The van der Waals surface area contributed by atoms with Crippen molar-refractivity contribution >= 4 is 23.4 Å². The Bertz CT molecular complexity index is 422. The molecule has 98 valence electrons. The van der Waals surface area contributed by atoms with Gasteiger partial charge in [0.25, 0.3) is 0 Å². The zero-order chi connectivity index (χ0) is 13.0. The van der Waals surface area contributed by atoms with E-state index in [-0.39, 0.29) is 11.8 Å². The van der Waals surface area contributed by atoms with Crippen molar-refractivity contribution in [1.82, 2.24) is 4.90 Å². The summed E-state index contributed by atoms with van der Waals surface area (Å²) in [5.41, 5.74) is 0.903. The SMILES string of the molecule is CSc1cccc(NC(=O)[C@H]2CCCN(C)C2)c1. The van der Waals surface area contributed by atoms with Gasteiger partial charge in [0.15, 0.2) is 0 Å². The predicted octanol–water partition coefficient (Wildman–Crippen LogP) is 2.69. The first-order chi connectivity index (χ1) is 8.69. The van der Waals surface area contributed by atoms with Crippen LogP contribution in [-0.2, 0) is 4.79 Å². The summed E-state index contributed by atoms with van der Waals surface area (Å²) in [5, 5.41) is 3.03. The topological polar surface area (TPSA) is 32.3 Å². The number of benzene rings is 1. The van der Waals surface area contributed by atoms with Gasteiger partial charge in [-0.1, -0.05) is 6.07 Å². The van der Waals surface area contributed by atoms with Crippen molar-refractivity contribution < 1.29 is 4.79 Å². The monoisotopic (exact) mass is 264 g/mol. The highest BCUT2D eigenvalue weighted by molar-refractivity contribution is 7.98. The van der Waals surface area contributed by atoms with Crippen LogP contribution >= 0.6 is 11.8 Å². The van der Waals surface area contributed by atoms with Crippen LogP contribution in [0.5, 0.6) is 0 Å². The van der Waals surface area contributed by atoms with Crippen LogP contribution < -0.4 is 5.32 Å². The number of anilines is 1. The van der Waals surface area contributed by atoms with Gasteiger partial charge in [0, 0.05) is 17.1 Å². The van der Waals surface area contributed by atoms with Gasteiger partial charge in [-0.2, -0.15) is 0 Å². The van der Waals surface area contributed by atoms with Crippen molar-refractivity contribution in [1.29, 1.82) is 0 Å². The van der Waals surface area contributed by atoms with E-state index in [1.165, 1.54) is 4.90 Å². The second-order valence-electron chi connectivity index (χ2n) is 4.82. The second kappa shape index (κ2) is 6.25. The normalized spacial score (nSPS) is 20.7. The van der Waals surface area contributed by atoms with E-state index in [0.717, 1.165) is 31.6 Å². The molecule has 0 saturated carbocycles. The van der Waals surface area contributed by atoms with E-state index in [1.807, 2.05) is 24.5 Å². The number of amides is 1. The Kier molecular flexibility index (Phi) is 4.66. The molecule has 1 aromatic rings. The molecule has 1 amide bonds. The predicted molar refractivity (Wildman–Crippen MR) is 77.1 cm³/mol. The summed E-state index contributed by atoms with van der Waals surface area (Å²) in [6, 6.07) is 8.00. The molecule has 2 rings (SSSR count). The van der Waals surface area contributed by atoms with E-state index in [9.17, 15) is 4.79 Å². The number of nitrogens with zero attached hydrogens (tertiary/aromatic N) is 1. The largest absolute Gasteiger partial charge is 0.326 e. The standard InChI is InChI=1S/C14H20N2OS/c1-16-8-4-5-11(10-16)14(17)15-12-6-3-7-13(9-12)18-2/h3,6-7,9,11H,4-5,8,10H2,1-2H3,(H,15,17)/t11-/m0/s1. The van der Waals surface area contributed by atoms with Crippen LogP contribution in [0.3, 0.4) is 0 Å². The lowest BCUT2D eigenvalue weighted by Gasteiger charge is -2.28. The quantitative estimate of drug-likeness (QED) is 0.852. The lowest BCUT2D eigenvalue weighted by Crippen LogP contribution is -2.38. The molecule has 1 N–H and O–H groups in total. The van der Waals surface area contributed by atoms with Gasteiger partial charge in [0.2, 0.25) is 5.91 Å². The Labute approximate surface area is 113 Å². The number of nitrogens with one attached hydrogen (secondary N) is 1. The van der Waals surface area contributed by atoms with Crippen molar-refractivity contribution in [3.8, 4) is 0 Å². The summed E-state index contributed by atoms with van der Waals surface area (Å²) in [7, 11) is 2.08. The van der Waals surface area contributed by atoms with Crippen LogP contribution in [0.25, 0.3) is 0 Å². The third-order valence-corrected chi connectivity index (χ3v) is 4.06. The van der Waals surface area contributed by atoms with E-state index >= 15 is 0 Å². The van der Waals surface area contributed by atoms with E-state index in [4.69, 9.17) is 0 Å². The minimum Gasteiger partial charge on any atom is -0.326 e. The smallest absolute Gasteiger partial charge is 0.228 e. The second-order valence-corrected chi connectivity index (χ2v) is 5.70. The molecular weight excluding hydrogens is 244 g/mol. The van der Waals surface area contributed by atoms with Gasteiger partial charge in [-0.3, -0.25) is 4.79 Å². The van der Waals surface area contributed by atoms with Gasteiger partial charge < -0.3 is 10.2 Å². The number of hydrogen-bond donors (Lipinski definition) is 1. The molecule has 0 aromatic heterocycles. The maximum atomic E-state index is 12.2. The number of likely N-dealkylation sites (tertiary alicyclic amines) is 1. The van der Waals surface area contributed by atoms with Gasteiger partial charge >= 0.3 is 0 Å². The average molecular weight is 264 g/mol. The zero-order valence-electron chi connectivity index (χ0n) is 11.0. The molecule has 1 aliphatic heterocycles. The van der Waals surface area contributed by atoms with Crippen LogP contribution in [0.4, 0.5) is 5.69 Å². The van der Waals surface area contributed by atoms with E-state index in [2.05, 4.69) is 23.3 Å². The lowest BCUT2D eigenvalue weighted by atomic mass is 9.97. The molecule has 3 nitrogen and oxygen atoms in total. The molecule has 1 saturated heterocycles. The molecule has 0 bridgehead atoms. The van der Waals surface area contributed by atoms with E-state index in [1.54, 1.807) is 11.8 Å². The summed E-state index contributed by atoms with van der Waals surface area (Å²) in [6.45, 7) is 1.97. The van der Waals surface area contributed by atoms with Crippen LogP contribution in [0, 0.1) is 5.92 Å². The summed E-state index contributed by atoms with van der Waals surface area (Å²) < 4.78 is 0. The molecule has 0 unspecified atom stereocenters. The first-order valence-electron chi connectivity index (χ1n) is 6.32. The van der Waals surface area contributed by atoms with Crippen molar-refractivity contribution in [3.63, 3.8) is 0 Å². The number of carbonyl (C=O) groups is 1. The molecule has 1 fully saturated rings. The first kappa shape index (κ1) is 13.4. The van der Waals surface area contributed by atoms with Crippen molar-refractivity contribution in [2.75, 3.05) is 31.7 Å². The molecule has 1 aliphatic rings. The van der Waals surface area contributed by atoms with E-state index in [0.29, 0.717) is 0 Å². The molecule has 1 atom stereocenters. The van der Waals surface area contributed by atoms with Crippen LogP contribution in [0.1, 0.15) is 12.8 Å². The number of piperidine rings is 1.